The van der Waals surface area contributed by atoms with Crippen LogP contribution in [0.25, 0.3) is 0 Å². The van der Waals surface area contributed by atoms with Crippen LogP contribution in [0.15, 0.2) is 24.3 Å². The number of unbranched alkanes of at least 4 members (excludes halogenated alkanes) is 2. The molecule has 5 heteroatoms. The van der Waals surface area contributed by atoms with Gasteiger partial charge in [0.25, 0.3) is 0 Å². The molecule has 0 aliphatic heterocycles. The second-order valence-electron chi connectivity index (χ2n) is 6.72. The van der Waals surface area contributed by atoms with Crippen molar-refractivity contribution in [1.29, 1.82) is 0 Å². The zero-order valence-corrected chi connectivity index (χ0v) is 15.0. The Kier molecular flexibility index (Phi) is 11.0. The fraction of sp³-hybridized carbons (Fsp3) is 0.667. The van der Waals surface area contributed by atoms with Crippen LogP contribution in [0, 0.1) is 0 Å². The van der Waals surface area contributed by atoms with Crippen molar-refractivity contribution in [3.8, 4) is 0 Å². The Morgan fingerprint density at radius 1 is 1.13 bits per heavy atom. The summed E-state index contributed by atoms with van der Waals surface area (Å²) in [6.07, 6.45) is 11.5. The van der Waals surface area contributed by atoms with Gasteiger partial charge in [0.15, 0.2) is 6.10 Å². The highest BCUT2D eigenvalue weighted by atomic mass is 16.5. The van der Waals surface area contributed by atoms with E-state index in [9.17, 15) is 9.59 Å². The van der Waals surface area contributed by atoms with E-state index in [4.69, 9.17) is 9.84 Å². The van der Waals surface area contributed by atoms with Gasteiger partial charge in [0, 0.05) is 6.42 Å². The second-order valence-corrected chi connectivity index (χ2v) is 6.72. The molecular formula is C18H32NO4+. The molecule has 0 radical (unpaired) electrons. The van der Waals surface area contributed by atoms with Crippen molar-refractivity contribution in [1.82, 2.24) is 0 Å². The first kappa shape index (κ1) is 21.4. The van der Waals surface area contributed by atoms with Crippen molar-refractivity contribution < 1.29 is 23.9 Å². The molecule has 1 unspecified atom stereocenters. The number of carboxylic acid groups (broad SMARTS) is 1. The molecule has 0 aromatic rings. The van der Waals surface area contributed by atoms with Gasteiger partial charge in [-0.15, -0.1) is 0 Å². The van der Waals surface area contributed by atoms with Crippen molar-refractivity contribution in [2.24, 2.45) is 0 Å². The summed E-state index contributed by atoms with van der Waals surface area (Å²) >= 11 is 0. The lowest BCUT2D eigenvalue weighted by molar-refractivity contribution is -0.873. The average molecular weight is 326 g/mol. The number of ether oxygens (including phenoxy) is 1. The minimum absolute atomic E-state index is 0.155. The fourth-order valence-electron chi connectivity index (χ4n) is 2.07. The van der Waals surface area contributed by atoms with Gasteiger partial charge in [-0.05, 0) is 12.8 Å². The maximum atomic E-state index is 11.8. The van der Waals surface area contributed by atoms with E-state index < -0.39 is 12.1 Å². The summed E-state index contributed by atoms with van der Waals surface area (Å²) in [7, 11) is 5.82. The van der Waals surface area contributed by atoms with Crippen LogP contribution in [0.1, 0.15) is 45.4 Å². The third kappa shape index (κ3) is 15.1. The first-order chi connectivity index (χ1) is 10.7. The number of hydrogen-bond donors (Lipinski definition) is 1. The molecule has 0 saturated carbocycles. The third-order valence-electron chi connectivity index (χ3n) is 3.07. The zero-order chi connectivity index (χ0) is 17.7. The highest BCUT2D eigenvalue weighted by Gasteiger charge is 2.24. The Balaban J connectivity index is 4.14. The van der Waals surface area contributed by atoms with E-state index in [1.54, 1.807) is 0 Å². The van der Waals surface area contributed by atoms with E-state index in [0.717, 1.165) is 6.42 Å². The van der Waals surface area contributed by atoms with Crippen LogP contribution in [0.3, 0.4) is 0 Å². The van der Waals surface area contributed by atoms with Crippen LogP contribution in [0.2, 0.25) is 0 Å². The first-order valence-corrected chi connectivity index (χ1v) is 8.28. The Morgan fingerprint density at radius 3 is 2.26 bits per heavy atom. The Hall–Kier alpha value is -1.62. The molecule has 0 aromatic carbocycles. The Bertz CT molecular complexity index is 408. The lowest BCUT2D eigenvalue weighted by Gasteiger charge is -2.28. The summed E-state index contributed by atoms with van der Waals surface area (Å²) in [4.78, 5) is 22.7. The summed E-state index contributed by atoms with van der Waals surface area (Å²) in [5, 5.41) is 8.91. The summed E-state index contributed by atoms with van der Waals surface area (Å²) in [5.41, 5.74) is 0. The number of carbonyl (C=O) groups is 2. The number of carbonyl (C=O) groups excluding carboxylic acids is 1. The number of carboxylic acids is 1. The summed E-state index contributed by atoms with van der Waals surface area (Å²) in [5.74, 6) is -1.29. The highest BCUT2D eigenvalue weighted by molar-refractivity contribution is 5.71. The van der Waals surface area contributed by atoms with E-state index in [1.807, 2.05) is 39.4 Å². The van der Waals surface area contributed by atoms with Gasteiger partial charge in [0.2, 0.25) is 0 Å². The van der Waals surface area contributed by atoms with Gasteiger partial charge in [-0.3, -0.25) is 9.59 Å². The number of aliphatic carboxylic acids is 1. The number of hydrogen-bond acceptors (Lipinski definition) is 3. The average Bonchev–Trinajstić information content (AvgIpc) is 2.39. The van der Waals surface area contributed by atoms with E-state index >= 15 is 0 Å². The van der Waals surface area contributed by atoms with Gasteiger partial charge in [-0.1, -0.05) is 44.1 Å². The van der Waals surface area contributed by atoms with E-state index in [-0.39, 0.29) is 18.8 Å². The van der Waals surface area contributed by atoms with E-state index in [0.29, 0.717) is 17.4 Å². The number of nitrogens with zero attached hydrogens (tertiary/aromatic N) is 1. The van der Waals surface area contributed by atoms with E-state index in [1.165, 1.54) is 12.8 Å². The van der Waals surface area contributed by atoms with E-state index in [2.05, 4.69) is 13.0 Å². The molecule has 1 N–H and O–H groups in total. The molecule has 5 nitrogen and oxygen atoms in total. The molecule has 0 amide bonds. The fourth-order valence-corrected chi connectivity index (χ4v) is 2.07. The molecule has 1 atom stereocenters. The van der Waals surface area contributed by atoms with Gasteiger partial charge < -0.3 is 14.3 Å². The number of esters is 1. The smallest absolute Gasteiger partial charge is 0.307 e. The predicted octanol–water partition coefficient (Wildman–Crippen LogP) is 3.16. The number of likely N-dealkylation sites (N-methyl/N-ethyl adjacent to an activating group) is 1. The van der Waals surface area contributed by atoms with Gasteiger partial charge in [-0.25, -0.2) is 0 Å². The minimum Gasteiger partial charge on any atom is -0.481 e. The highest BCUT2D eigenvalue weighted by Crippen LogP contribution is 2.07. The standard InChI is InChI=1S/C18H31NO4/c1-5-6-7-8-9-10-11-12-13-18(22)23-16(14-17(20)21)15-19(2,3)4/h8-11,16H,5-7,12-15H2,1-4H3/p+1/b9-8+,11-10+. The van der Waals surface area contributed by atoms with Gasteiger partial charge in [0.1, 0.15) is 6.54 Å². The minimum atomic E-state index is -0.951. The Labute approximate surface area is 140 Å². The second kappa shape index (κ2) is 11.9. The van der Waals surface area contributed by atoms with Crippen LogP contribution >= 0.6 is 0 Å². The lowest BCUT2D eigenvalue weighted by Crippen LogP contribution is -2.43. The molecule has 0 fully saturated rings. The number of quaternary nitrogens is 1. The quantitative estimate of drug-likeness (QED) is 0.259. The third-order valence-corrected chi connectivity index (χ3v) is 3.07. The molecule has 0 saturated heterocycles. The van der Waals surface area contributed by atoms with Gasteiger partial charge in [-0.2, -0.15) is 0 Å². The van der Waals surface area contributed by atoms with Crippen LogP contribution in [0.4, 0.5) is 0 Å². The first-order valence-electron chi connectivity index (χ1n) is 8.28. The SMILES string of the molecule is CCCC/C=C/C=C/CCC(=O)OC(CC(=O)O)C[N+](C)(C)C. The van der Waals surface area contributed by atoms with Crippen LogP contribution < -0.4 is 0 Å². The van der Waals surface area contributed by atoms with Crippen molar-refractivity contribution in [3.63, 3.8) is 0 Å². The van der Waals surface area contributed by atoms with Gasteiger partial charge in [0.05, 0.1) is 27.6 Å². The molecule has 0 aromatic heterocycles. The molecule has 0 aliphatic carbocycles. The normalized spacial score (nSPS) is 13.6. The van der Waals surface area contributed by atoms with Crippen molar-refractivity contribution in [2.45, 2.75) is 51.6 Å². The van der Waals surface area contributed by atoms with Crippen LogP contribution in [0.5, 0.6) is 0 Å². The predicted molar refractivity (Wildman–Crippen MR) is 92.1 cm³/mol. The molecule has 23 heavy (non-hydrogen) atoms. The largest absolute Gasteiger partial charge is 0.481 e. The van der Waals surface area contributed by atoms with Gasteiger partial charge >= 0.3 is 11.9 Å². The van der Waals surface area contributed by atoms with Crippen molar-refractivity contribution in [3.05, 3.63) is 24.3 Å². The van der Waals surface area contributed by atoms with Crippen LogP contribution in [-0.4, -0.2) is 55.3 Å². The molecule has 0 heterocycles. The Morgan fingerprint density at radius 2 is 1.74 bits per heavy atom. The lowest BCUT2D eigenvalue weighted by atomic mass is 10.2. The maximum absolute atomic E-state index is 11.8. The number of rotatable bonds is 12. The molecule has 0 spiro atoms. The molecule has 0 bridgehead atoms. The topological polar surface area (TPSA) is 63.6 Å². The molecular weight excluding hydrogens is 294 g/mol. The summed E-state index contributed by atoms with van der Waals surface area (Å²) < 4.78 is 5.86. The van der Waals surface area contributed by atoms with Crippen molar-refractivity contribution >= 4 is 11.9 Å². The van der Waals surface area contributed by atoms with Crippen molar-refractivity contribution in [2.75, 3.05) is 27.7 Å². The zero-order valence-electron chi connectivity index (χ0n) is 15.0. The molecule has 132 valence electrons. The monoisotopic (exact) mass is 326 g/mol. The maximum Gasteiger partial charge on any atom is 0.307 e. The summed E-state index contributed by atoms with van der Waals surface area (Å²) in [6, 6.07) is 0. The molecule has 0 rings (SSSR count). The molecule has 0 aliphatic rings. The number of allylic oxidation sites excluding steroid dienone is 4. The summed E-state index contributed by atoms with van der Waals surface area (Å²) in [6.45, 7) is 2.64. The van der Waals surface area contributed by atoms with Crippen LogP contribution in [-0.2, 0) is 14.3 Å².